The third kappa shape index (κ3) is 1.68. The standard InChI is InChI=1S/C7H13FN2O/c1-2-10-4-5(8)3-6(10)7(9)11/h5-6H,2-4H2,1H3,(H2,9,11)/t5?,6-/m0/s1. The molecule has 4 heteroatoms. The van der Waals surface area contributed by atoms with Gasteiger partial charge in [-0.15, -0.1) is 0 Å². The number of carbonyl (C=O) groups is 1. The fourth-order valence-corrected chi connectivity index (χ4v) is 1.49. The van der Waals surface area contributed by atoms with E-state index < -0.39 is 12.1 Å². The molecule has 0 aromatic rings. The lowest BCUT2D eigenvalue weighted by atomic mass is 10.2. The SMILES string of the molecule is CCN1CC(F)C[C@H]1C(N)=O. The summed E-state index contributed by atoms with van der Waals surface area (Å²) in [4.78, 5) is 12.5. The maximum absolute atomic E-state index is 12.7. The Bertz CT molecular complexity index is 163. The van der Waals surface area contributed by atoms with Crippen LogP contribution in [0.1, 0.15) is 13.3 Å². The normalized spacial score (nSPS) is 32.5. The van der Waals surface area contributed by atoms with E-state index in [9.17, 15) is 9.18 Å². The Hall–Kier alpha value is -0.640. The Balaban J connectivity index is 2.57. The van der Waals surface area contributed by atoms with Gasteiger partial charge in [-0.2, -0.15) is 0 Å². The van der Waals surface area contributed by atoms with Gasteiger partial charge < -0.3 is 5.73 Å². The average molecular weight is 160 g/mol. The van der Waals surface area contributed by atoms with E-state index in [1.54, 1.807) is 4.90 Å². The quantitative estimate of drug-likeness (QED) is 0.613. The van der Waals surface area contributed by atoms with Crippen LogP contribution < -0.4 is 5.73 Å². The number of nitrogens with zero attached hydrogens (tertiary/aromatic N) is 1. The third-order valence-electron chi connectivity index (χ3n) is 2.09. The fourth-order valence-electron chi connectivity index (χ4n) is 1.49. The second-order valence-corrected chi connectivity index (χ2v) is 2.84. The van der Waals surface area contributed by atoms with E-state index in [-0.39, 0.29) is 12.5 Å². The molecular formula is C7H13FN2O. The van der Waals surface area contributed by atoms with Crippen molar-refractivity contribution in [3.05, 3.63) is 0 Å². The van der Waals surface area contributed by atoms with E-state index in [2.05, 4.69) is 0 Å². The van der Waals surface area contributed by atoms with Crippen molar-refractivity contribution in [2.75, 3.05) is 13.1 Å². The van der Waals surface area contributed by atoms with Crippen LogP contribution in [0.15, 0.2) is 0 Å². The minimum atomic E-state index is -0.882. The molecule has 2 atom stereocenters. The summed E-state index contributed by atoms with van der Waals surface area (Å²) < 4.78 is 12.7. The lowest BCUT2D eigenvalue weighted by Crippen LogP contribution is -2.39. The number of alkyl halides is 1. The molecule has 1 aliphatic rings. The summed E-state index contributed by atoms with van der Waals surface area (Å²) in [5, 5.41) is 0. The molecule has 1 aliphatic heterocycles. The molecular weight excluding hydrogens is 147 g/mol. The van der Waals surface area contributed by atoms with Gasteiger partial charge in [-0.1, -0.05) is 6.92 Å². The number of nitrogens with two attached hydrogens (primary N) is 1. The number of likely N-dealkylation sites (tertiary alicyclic amines) is 1. The smallest absolute Gasteiger partial charge is 0.234 e. The second-order valence-electron chi connectivity index (χ2n) is 2.84. The van der Waals surface area contributed by atoms with Gasteiger partial charge in [-0.05, 0) is 6.54 Å². The number of hydrogen-bond donors (Lipinski definition) is 1. The minimum Gasteiger partial charge on any atom is -0.368 e. The summed E-state index contributed by atoms with van der Waals surface area (Å²) in [5.41, 5.74) is 5.08. The van der Waals surface area contributed by atoms with Gasteiger partial charge >= 0.3 is 0 Å². The maximum atomic E-state index is 12.7. The molecule has 1 amide bonds. The highest BCUT2D eigenvalue weighted by molar-refractivity contribution is 5.80. The molecule has 0 aromatic carbocycles. The Labute approximate surface area is 65.3 Å². The number of amides is 1. The largest absolute Gasteiger partial charge is 0.368 e. The zero-order valence-electron chi connectivity index (χ0n) is 6.59. The molecule has 1 heterocycles. The third-order valence-corrected chi connectivity index (χ3v) is 2.09. The number of rotatable bonds is 2. The first-order valence-electron chi connectivity index (χ1n) is 3.82. The van der Waals surface area contributed by atoms with E-state index in [1.165, 1.54) is 0 Å². The van der Waals surface area contributed by atoms with Crippen molar-refractivity contribution in [1.29, 1.82) is 0 Å². The van der Waals surface area contributed by atoms with E-state index in [0.29, 0.717) is 13.1 Å². The molecule has 0 aliphatic carbocycles. The average Bonchev–Trinajstić information content (AvgIpc) is 2.30. The van der Waals surface area contributed by atoms with E-state index in [0.717, 1.165) is 0 Å². The van der Waals surface area contributed by atoms with Gasteiger partial charge in [0.2, 0.25) is 5.91 Å². The molecule has 0 spiro atoms. The lowest BCUT2D eigenvalue weighted by Gasteiger charge is -2.18. The maximum Gasteiger partial charge on any atom is 0.234 e. The van der Waals surface area contributed by atoms with Crippen molar-refractivity contribution in [2.24, 2.45) is 5.73 Å². The van der Waals surface area contributed by atoms with Gasteiger partial charge in [-0.25, -0.2) is 4.39 Å². The van der Waals surface area contributed by atoms with Crippen molar-refractivity contribution in [3.63, 3.8) is 0 Å². The lowest BCUT2D eigenvalue weighted by molar-refractivity contribution is -0.122. The summed E-state index contributed by atoms with van der Waals surface area (Å²) >= 11 is 0. The van der Waals surface area contributed by atoms with Crippen LogP contribution in [0.25, 0.3) is 0 Å². The molecule has 0 bridgehead atoms. The Kier molecular flexibility index (Phi) is 2.44. The molecule has 1 unspecified atom stereocenters. The van der Waals surface area contributed by atoms with Gasteiger partial charge in [-0.3, -0.25) is 9.69 Å². The molecule has 3 nitrogen and oxygen atoms in total. The van der Waals surface area contributed by atoms with Crippen molar-refractivity contribution in [1.82, 2.24) is 4.90 Å². The molecule has 0 radical (unpaired) electrons. The van der Waals surface area contributed by atoms with Crippen LogP contribution in [0.4, 0.5) is 4.39 Å². The van der Waals surface area contributed by atoms with Crippen LogP contribution in [0, 0.1) is 0 Å². The van der Waals surface area contributed by atoms with Crippen LogP contribution in [0.3, 0.4) is 0 Å². The zero-order valence-corrected chi connectivity index (χ0v) is 6.59. The number of likely N-dealkylation sites (N-methyl/N-ethyl adjacent to an activating group) is 1. The zero-order chi connectivity index (χ0) is 8.43. The van der Waals surface area contributed by atoms with Crippen molar-refractivity contribution in [2.45, 2.75) is 25.6 Å². The van der Waals surface area contributed by atoms with Crippen molar-refractivity contribution >= 4 is 5.91 Å². The molecule has 1 saturated heterocycles. The van der Waals surface area contributed by atoms with Crippen LogP contribution >= 0.6 is 0 Å². The highest BCUT2D eigenvalue weighted by Gasteiger charge is 2.34. The molecule has 64 valence electrons. The first-order chi connectivity index (χ1) is 5.15. The first kappa shape index (κ1) is 8.46. The van der Waals surface area contributed by atoms with Crippen molar-refractivity contribution < 1.29 is 9.18 Å². The fraction of sp³-hybridized carbons (Fsp3) is 0.857. The minimum absolute atomic E-state index is 0.267. The molecule has 0 saturated carbocycles. The van der Waals surface area contributed by atoms with Gasteiger partial charge in [0.1, 0.15) is 6.17 Å². The highest BCUT2D eigenvalue weighted by Crippen LogP contribution is 2.19. The molecule has 2 N–H and O–H groups in total. The summed E-state index contributed by atoms with van der Waals surface area (Å²) in [6, 6.07) is -0.380. The molecule has 1 rings (SSSR count). The first-order valence-corrected chi connectivity index (χ1v) is 3.82. The summed E-state index contributed by atoms with van der Waals surface area (Å²) in [6.07, 6.45) is -0.615. The van der Waals surface area contributed by atoms with Crippen LogP contribution in [-0.2, 0) is 4.79 Å². The van der Waals surface area contributed by atoms with E-state index >= 15 is 0 Å². The number of carbonyl (C=O) groups excluding carboxylic acids is 1. The molecule has 11 heavy (non-hydrogen) atoms. The summed E-state index contributed by atoms with van der Waals surface area (Å²) in [5.74, 6) is -0.410. The molecule has 0 aromatic heterocycles. The predicted molar refractivity (Wildman–Crippen MR) is 39.7 cm³/mol. The van der Waals surface area contributed by atoms with Crippen LogP contribution in [0.2, 0.25) is 0 Å². The predicted octanol–water partition coefficient (Wildman–Crippen LogP) is -0.0960. The van der Waals surface area contributed by atoms with E-state index in [4.69, 9.17) is 5.73 Å². The van der Waals surface area contributed by atoms with Crippen LogP contribution in [0.5, 0.6) is 0 Å². The van der Waals surface area contributed by atoms with Gasteiger partial charge in [0.15, 0.2) is 0 Å². The highest BCUT2D eigenvalue weighted by atomic mass is 19.1. The second kappa shape index (κ2) is 3.17. The van der Waals surface area contributed by atoms with Gasteiger partial charge in [0.25, 0.3) is 0 Å². The van der Waals surface area contributed by atoms with E-state index in [1.807, 2.05) is 6.92 Å². The Morgan fingerprint density at radius 2 is 2.45 bits per heavy atom. The van der Waals surface area contributed by atoms with Gasteiger partial charge in [0.05, 0.1) is 6.04 Å². The summed E-state index contributed by atoms with van der Waals surface area (Å²) in [6.45, 7) is 2.94. The summed E-state index contributed by atoms with van der Waals surface area (Å²) in [7, 11) is 0. The van der Waals surface area contributed by atoms with Gasteiger partial charge in [0, 0.05) is 13.0 Å². The Morgan fingerprint density at radius 3 is 2.82 bits per heavy atom. The number of hydrogen-bond acceptors (Lipinski definition) is 2. The topological polar surface area (TPSA) is 46.3 Å². The Morgan fingerprint density at radius 1 is 1.82 bits per heavy atom. The number of primary amides is 1. The molecule has 1 fully saturated rings. The monoisotopic (exact) mass is 160 g/mol. The van der Waals surface area contributed by atoms with Crippen molar-refractivity contribution in [3.8, 4) is 0 Å². The van der Waals surface area contributed by atoms with Crippen LogP contribution in [-0.4, -0.2) is 36.1 Å². The number of halogens is 1.